The van der Waals surface area contributed by atoms with Gasteiger partial charge in [0.15, 0.2) is 0 Å². The van der Waals surface area contributed by atoms with E-state index in [0.717, 1.165) is 0 Å². The zero-order chi connectivity index (χ0) is 28.6. The molecular formula is C39H29BN2Si. The van der Waals surface area contributed by atoms with Gasteiger partial charge in [-0.05, 0) is 51.8 Å². The minimum atomic E-state index is -1.39. The Morgan fingerprint density at radius 3 is 1.49 bits per heavy atom. The topological polar surface area (TPSA) is 9.86 Å². The fourth-order valence-corrected chi connectivity index (χ4v) is 9.32. The van der Waals surface area contributed by atoms with Gasteiger partial charge in [0, 0.05) is 44.0 Å². The van der Waals surface area contributed by atoms with Gasteiger partial charge in [0.05, 0.1) is 19.1 Å². The highest BCUT2D eigenvalue weighted by molar-refractivity contribution is 7.00. The number of rotatable bonds is 2. The molecule has 0 bridgehead atoms. The molecule has 0 aliphatic carbocycles. The van der Waals surface area contributed by atoms with Crippen LogP contribution in [-0.4, -0.2) is 23.9 Å². The van der Waals surface area contributed by atoms with Crippen LogP contribution >= 0.6 is 0 Å². The molecule has 6 aromatic carbocycles. The van der Waals surface area contributed by atoms with Gasteiger partial charge in [-0.3, -0.25) is 0 Å². The van der Waals surface area contributed by atoms with Crippen molar-refractivity contribution in [1.82, 2.24) is 9.13 Å². The third kappa shape index (κ3) is 2.94. The van der Waals surface area contributed by atoms with Crippen LogP contribution in [0.5, 0.6) is 0 Å². The molecule has 4 heterocycles. The molecule has 0 amide bonds. The highest BCUT2D eigenvalue weighted by atomic mass is 28.3. The maximum Gasteiger partial charge on any atom is 0.252 e. The lowest BCUT2D eigenvalue weighted by molar-refractivity contribution is 1.14. The highest BCUT2D eigenvalue weighted by Crippen LogP contribution is 2.40. The summed E-state index contributed by atoms with van der Waals surface area (Å²) in [5, 5.41) is 6.81. The Bertz CT molecular complexity index is 2350. The number of fused-ring (bicyclic) bond motifs is 10. The van der Waals surface area contributed by atoms with Gasteiger partial charge in [-0.15, -0.1) is 0 Å². The quantitative estimate of drug-likeness (QED) is 0.196. The van der Waals surface area contributed by atoms with Gasteiger partial charge >= 0.3 is 0 Å². The predicted octanol–water partition coefficient (Wildman–Crippen LogP) is 7.24. The maximum absolute atomic E-state index is 2.56. The Labute approximate surface area is 251 Å². The standard InChI is InChI=1S/C39H29BN2Si/c1-43(2,3)26-20-18-24(19-21-26)25-22-35-37-36(23-25)42-34-17-7-5-11-28(34)30-13-9-15-32(39(30)42)40(37)31-14-8-12-29-27-10-4-6-16-33(27)41(35)38(29)31/h4-23H,1-3H3. The van der Waals surface area contributed by atoms with E-state index in [9.17, 15) is 0 Å². The minimum absolute atomic E-state index is 0.175. The fourth-order valence-electron chi connectivity index (χ4n) is 8.15. The first kappa shape index (κ1) is 23.7. The average molecular weight is 565 g/mol. The molecule has 43 heavy (non-hydrogen) atoms. The van der Waals surface area contributed by atoms with Gasteiger partial charge in [-0.2, -0.15) is 0 Å². The molecule has 0 N–H and O–H groups in total. The molecule has 0 radical (unpaired) electrons. The number of hydrogen-bond acceptors (Lipinski definition) is 0. The molecule has 202 valence electrons. The number of benzene rings is 6. The van der Waals surface area contributed by atoms with Gasteiger partial charge < -0.3 is 9.13 Å². The van der Waals surface area contributed by atoms with Crippen LogP contribution in [0.1, 0.15) is 0 Å². The van der Waals surface area contributed by atoms with E-state index in [2.05, 4.69) is 150 Å². The monoisotopic (exact) mass is 564 g/mol. The van der Waals surface area contributed by atoms with Crippen LogP contribution in [0.25, 0.3) is 66.1 Å². The largest absolute Gasteiger partial charge is 0.310 e. The lowest BCUT2D eigenvalue weighted by Crippen LogP contribution is -2.59. The minimum Gasteiger partial charge on any atom is -0.310 e. The van der Waals surface area contributed by atoms with E-state index >= 15 is 0 Å². The third-order valence-corrected chi connectivity index (χ3v) is 12.1. The van der Waals surface area contributed by atoms with Crippen molar-refractivity contribution in [3.05, 3.63) is 121 Å². The Kier molecular flexibility index (Phi) is 4.40. The summed E-state index contributed by atoms with van der Waals surface area (Å²) in [6.45, 7) is 7.44. The molecule has 0 unspecified atom stereocenters. The van der Waals surface area contributed by atoms with Crippen molar-refractivity contribution in [1.29, 1.82) is 0 Å². The second kappa shape index (κ2) is 7.97. The average Bonchev–Trinajstić information content (AvgIpc) is 3.55. The van der Waals surface area contributed by atoms with Gasteiger partial charge in [-0.25, -0.2) is 0 Å². The molecule has 0 spiro atoms. The van der Waals surface area contributed by atoms with E-state index in [1.54, 1.807) is 0 Å². The zero-order valence-electron chi connectivity index (χ0n) is 24.5. The number of para-hydroxylation sites is 4. The summed E-state index contributed by atoms with van der Waals surface area (Å²) in [7, 11) is -1.39. The molecule has 0 saturated heterocycles. The summed E-state index contributed by atoms with van der Waals surface area (Å²) in [6.07, 6.45) is 0. The van der Waals surface area contributed by atoms with Crippen molar-refractivity contribution in [2.75, 3.05) is 0 Å². The molecule has 4 heteroatoms. The van der Waals surface area contributed by atoms with Crippen molar-refractivity contribution in [3.8, 4) is 22.5 Å². The first-order chi connectivity index (χ1) is 21.0. The van der Waals surface area contributed by atoms with Crippen molar-refractivity contribution in [3.63, 3.8) is 0 Å². The second-order valence-electron chi connectivity index (χ2n) is 13.4. The highest BCUT2D eigenvalue weighted by Gasteiger charge is 2.40. The molecule has 0 fully saturated rings. The molecule has 0 saturated carbocycles. The summed E-state index contributed by atoms with van der Waals surface area (Å²) in [5.74, 6) is 0. The summed E-state index contributed by atoms with van der Waals surface area (Å²) >= 11 is 0. The number of nitrogens with zero attached hydrogens (tertiary/aromatic N) is 2. The Balaban J connectivity index is 1.41. The molecule has 2 aromatic heterocycles. The number of hydrogen-bond donors (Lipinski definition) is 0. The van der Waals surface area contributed by atoms with Gasteiger partial charge in [0.2, 0.25) is 0 Å². The van der Waals surface area contributed by atoms with E-state index in [4.69, 9.17) is 0 Å². The Morgan fingerprint density at radius 1 is 0.488 bits per heavy atom. The van der Waals surface area contributed by atoms with Crippen LogP contribution in [0.2, 0.25) is 19.6 Å². The zero-order valence-corrected chi connectivity index (χ0v) is 25.5. The predicted molar refractivity (Wildman–Crippen MR) is 188 cm³/mol. The van der Waals surface area contributed by atoms with Crippen LogP contribution in [0, 0.1) is 0 Å². The van der Waals surface area contributed by atoms with Crippen molar-refractivity contribution >= 4 is 80.0 Å². The van der Waals surface area contributed by atoms with Crippen LogP contribution in [0.4, 0.5) is 0 Å². The fraction of sp³-hybridized carbons (Fsp3) is 0.0769. The number of aromatic nitrogens is 2. The van der Waals surface area contributed by atoms with Gasteiger partial charge in [0.1, 0.15) is 0 Å². The normalized spacial score (nSPS) is 13.4. The van der Waals surface area contributed by atoms with E-state index in [-0.39, 0.29) is 6.71 Å². The smallest absolute Gasteiger partial charge is 0.252 e. The lowest BCUT2D eigenvalue weighted by atomic mass is 9.34. The summed E-state index contributed by atoms with van der Waals surface area (Å²) in [4.78, 5) is 0. The SMILES string of the molecule is C[Si](C)(C)c1ccc(-c2cc3c4c(c2)-n2c5ccccc5c5cccc(c52)B4c2cccc4c5ccccc5n-3c24)cc1. The lowest BCUT2D eigenvalue weighted by Gasteiger charge is -2.34. The van der Waals surface area contributed by atoms with Crippen molar-refractivity contribution in [2.24, 2.45) is 0 Å². The van der Waals surface area contributed by atoms with Crippen LogP contribution in [-0.2, 0) is 0 Å². The summed E-state index contributed by atoms with van der Waals surface area (Å²) in [5.41, 5.74) is 14.6. The second-order valence-corrected chi connectivity index (χ2v) is 18.5. The van der Waals surface area contributed by atoms with E-state index in [0.29, 0.717) is 0 Å². The third-order valence-electron chi connectivity index (χ3n) is 10.1. The van der Waals surface area contributed by atoms with Crippen LogP contribution < -0.4 is 21.6 Å². The molecule has 10 rings (SSSR count). The van der Waals surface area contributed by atoms with Crippen molar-refractivity contribution < 1.29 is 0 Å². The van der Waals surface area contributed by atoms with E-state index in [1.165, 1.54) is 87.7 Å². The molecule has 0 atom stereocenters. The summed E-state index contributed by atoms with van der Waals surface area (Å²) < 4.78 is 5.12. The maximum atomic E-state index is 2.56. The van der Waals surface area contributed by atoms with Gasteiger partial charge in [0.25, 0.3) is 6.71 Å². The first-order valence-corrected chi connectivity index (χ1v) is 18.8. The molecule has 8 aromatic rings. The van der Waals surface area contributed by atoms with Crippen molar-refractivity contribution in [2.45, 2.75) is 19.6 Å². The molecule has 2 aliphatic rings. The van der Waals surface area contributed by atoms with Gasteiger partial charge in [-0.1, -0.05) is 122 Å². The molecule has 2 nitrogen and oxygen atoms in total. The Hall–Kier alpha value is -4.80. The van der Waals surface area contributed by atoms with Crippen LogP contribution in [0.15, 0.2) is 121 Å². The van der Waals surface area contributed by atoms with Crippen LogP contribution in [0.3, 0.4) is 0 Å². The first-order valence-electron chi connectivity index (χ1n) is 15.3. The molecular weight excluding hydrogens is 535 g/mol. The molecule has 2 aliphatic heterocycles. The Morgan fingerprint density at radius 2 is 0.977 bits per heavy atom. The van der Waals surface area contributed by atoms with E-state index in [1.807, 2.05) is 0 Å². The van der Waals surface area contributed by atoms with E-state index < -0.39 is 8.07 Å². The summed E-state index contributed by atoms with van der Waals surface area (Å²) in [6, 6.07) is 46.1.